The van der Waals surface area contributed by atoms with E-state index in [2.05, 4.69) is 31.1 Å². The van der Waals surface area contributed by atoms with Crippen molar-refractivity contribution in [2.24, 2.45) is 0 Å². The zero-order chi connectivity index (χ0) is 21.8. The van der Waals surface area contributed by atoms with E-state index in [0.717, 1.165) is 20.9 Å². The Morgan fingerprint density at radius 3 is 2.74 bits per heavy atom. The standard InChI is InChI=1S/C21H18BrN5O4/c22-13-2-1-3-16-18(13)21(20(31)27(16)11-17(28)29)4-6-26(7-5-21)19(30)14-8-12-9-24-25-15(12)10-23-14/h1-3,8-10H,4-7,11H2,(H,24,25)(H,28,29). The number of anilines is 1. The molecule has 0 bridgehead atoms. The minimum absolute atomic E-state index is 0.196. The lowest BCUT2D eigenvalue weighted by Gasteiger charge is -2.38. The maximum absolute atomic E-state index is 13.4. The van der Waals surface area contributed by atoms with Crippen LogP contribution in [0.5, 0.6) is 0 Å². The Labute approximate surface area is 185 Å². The van der Waals surface area contributed by atoms with Gasteiger partial charge in [0.05, 0.1) is 23.3 Å². The predicted octanol–water partition coefficient (Wildman–Crippen LogP) is 2.33. The quantitative estimate of drug-likeness (QED) is 0.589. The highest BCUT2D eigenvalue weighted by Crippen LogP contribution is 2.50. The Kier molecular flexibility index (Phi) is 4.54. The Morgan fingerprint density at radius 2 is 2.00 bits per heavy atom. The number of aromatic nitrogens is 3. The van der Waals surface area contributed by atoms with Gasteiger partial charge in [-0.25, -0.2) is 4.98 Å². The number of hydrogen-bond acceptors (Lipinski definition) is 5. The molecule has 9 nitrogen and oxygen atoms in total. The summed E-state index contributed by atoms with van der Waals surface area (Å²) in [4.78, 5) is 45.1. The Bertz CT molecular complexity index is 1230. The van der Waals surface area contributed by atoms with Gasteiger partial charge in [-0.1, -0.05) is 22.0 Å². The van der Waals surface area contributed by atoms with Crippen LogP contribution in [0.25, 0.3) is 10.9 Å². The summed E-state index contributed by atoms with van der Waals surface area (Å²) in [6.07, 6.45) is 4.05. The summed E-state index contributed by atoms with van der Waals surface area (Å²) in [5, 5.41) is 16.9. The number of aromatic amines is 1. The van der Waals surface area contributed by atoms with Gasteiger partial charge >= 0.3 is 5.97 Å². The molecule has 158 valence electrons. The summed E-state index contributed by atoms with van der Waals surface area (Å²) in [6.45, 7) is 0.357. The molecule has 3 aromatic rings. The Balaban J connectivity index is 1.43. The van der Waals surface area contributed by atoms with E-state index in [9.17, 15) is 19.5 Å². The number of fused-ring (bicyclic) bond motifs is 3. The summed E-state index contributed by atoms with van der Waals surface area (Å²) >= 11 is 3.55. The van der Waals surface area contributed by atoms with E-state index < -0.39 is 11.4 Å². The maximum Gasteiger partial charge on any atom is 0.323 e. The van der Waals surface area contributed by atoms with Gasteiger partial charge in [0.1, 0.15) is 12.2 Å². The number of aliphatic carboxylic acids is 1. The number of nitrogens with one attached hydrogen (secondary N) is 1. The molecule has 1 aromatic carbocycles. The van der Waals surface area contributed by atoms with Gasteiger partial charge in [0, 0.05) is 34.2 Å². The van der Waals surface area contributed by atoms with Crippen molar-refractivity contribution in [1.29, 1.82) is 0 Å². The fraction of sp³-hybridized carbons (Fsp3) is 0.286. The van der Waals surface area contributed by atoms with Gasteiger partial charge in [-0.15, -0.1) is 0 Å². The maximum atomic E-state index is 13.4. The Morgan fingerprint density at radius 1 is 1.23 bits per heavy atom. The number of halogens is 1. The van der Waals surface area contributed by atoms with Gasteiger partial charge in [0.25, 0.3) is 5.91 Å². The Hall–Kier alpha value is -3.27. The molecular weight excluding hydrogens is 466 g/mol. The monoisotopic (exact) mass is 483 g/mol. The molecule has 1 spiro atoms. The number of benzene rings is 1. The lowest BCUT2D eigenvalue weighted by atomic mass is 9.73. The molecule has 1 fully saturated rings. The van der Waals surface area contributed by atoms with Crippen LogP contribution in [-0.2, 0) is 15.0 Å². The molecule has 4 heterocycles. The predicted molar refractivity (Wildman–Crippen MR) is 115 cm³/mol. The number of carboxylic acids is 1. The van der Waals surface area contributed by atoms with E-state index in [1.54, 1.807) is 35.5 Å². The summed E-state index contributed by atoms with van der Waals surface area (Å²) < 4.78 is 0.776. The molecular formula is C21H18BrN5O4. The summed E-state index contributed by atoms with van der Waals surface area (Å²) in [6, 6.07) is 7.13. The van der Waals surface area contributed by atoms with Gasteiger partial charge in [-0.05, 0) is 31.0 Å². The molecule has 0 unspecified atom stereocenters. The molecule has 5 rings (SSSR count). The number of nitrogens with zero attached hydrogens (tertiary/aromatic N) is 4. The fourth-order valence-corrected chi connectivity index (χ4v) is 5.39. The van der Waals surface area contributed by atoms with Gasteiger partial charge in [-0.3, -0.25) is 19.5 Å². The summed E-state index contributed by atoms with van der Waals surface area (Å²) in [5.74, 6) is -1.48. The highest BCUT2D eigenvalue weighted by molar-refractivity contribution is 9.10. The van der Waals surface area contributed by atoms with E-state index in [-0.39, 0.29) is 18.4 Å². The summed E-state index contributed by atoms with van der Waals surface area (Å²) in [5.41, 5.74) is 1.67. The van der Waals surface area contributed by atoms with Crippen LogP contribution in [0.4, 0.5) is 5.69 Å². The first-order valence-corrected chi connectivity index (χ1v) is 10.6. The zero-order valence-electron chi connectivity index (χ0n) is 16.3. The van der Waals surface area contributed by atoms with Crippen LogP contribution in [0, 0.1) is 0 Å². The molecule has 0 atom stereocenters. The first-order valence-electron chi connectivity index (χ1n) is 9.82. The smallest absolute Gasteiger partial charge is 0.323 e. The lowest BCUT2D eigenvalue weighted by Crippen LogP contribution is -2.51. The van der Waals surface area contributed by atoms with Crippen molar-refractivity contribution >= 4 is 50.3 Å². The van der Waals surface area contributed by atoms with E-state index in [1.165, 1.54) is 4.90 Å². The van der Waals surface area contributed by atoms with Crippen molar-refractivity contribution in [3.8, 4) is 0 Å². The van der Waals surface area contributed by atoms with Crippen LogP contribution in [0.2, 0.25) is 0 Å². The van der Waals surface area contributed by atoms with Crippen molar-refractivity contribution in [1.82, 2.24) is 20.1 Å². The molecule has 0 aliphatic carbocycles. The number of pyridine rings is 1. The third-order valence-electron chi connectivity index (χ3n) is 6.16. The number of likely N-dealkylation sites (tertiary alicyclic amines) is 1. The molecule has 2 N–H and O–H groups in total. The topological polar surface area (TPSA) is 119 Å². The first-order chi connectivity index (χ1) is 14.9. The van der Waals surface area contributed by atoms with Crippen LogP contribution in [0.3, 0.4) is 0 Å². The van der Waals surface area contributed by atoms with E-state index in [1.807, 2.05) is 6.07 Å². The van der Waals surface area contributed by atoms with Gasteiger partial charge in [0.15, 0.2) is 0 Å². The molecule has 0 radical (unpaired) electrons. The van der Waals surface area contributed by atoms with Crippen LogP contribution in [0.15, 0.2) is 41.1 Å². The van der Waals surface area contributed by atoms with Crippen molar-refractivity contribution in [3.63, 3.8) is 0 Å². The number of H-pyrrole nitrogens is 1. The van der Waals surface area contributed by atoms with Crippen LogP contribution in [-0.4, -0.2) is 62.6 Å². The van der Waals surface area contributed by atoms with Crippen molar-refractivity contribution in [2.45, 2.75) is 18.3 Å². The number of carbonyl (C=O) groups is 3. The van der Waals surface area contributed by atoms with E-state index in [0.29, 0.717) is 37.3 Å². The number of carboxylic acid groups (broad SMARTS) is 1. The average molecular weight is 484 g/mol. The van der Waals surface area contributed by atoms with Gasteiger partial charge < -0.3 is 14.9 Å². The third-order valence-corrected chi connectivity index (χ3v) is 6.82. The first kappa shape index (κ1) is 19.7. The zero-order valence-corrected chi connectivity index (χ0v) is 17.9. The fourth-order valence-electron chi connectivity index (χ4n) is 4.66. The normalized spacial score (nSPS) is 17.4. The highest BCUT2D eigenvalue weighted by Gasteiger charge is 2.53. The SMILES string of the molecule is O=C(O)CN1C(=O)C2(CCN(C(=O)c3cc4cn[nH]c4cn3)CC2)c2c(Br)cccc21. The molecule has 31 heavy (non-hydrogen) atoms. The number of rotatable bonds is 3. The second-order valence-corrected chi connectivity index (χ2v) is 8.67. The van der Waals surface area contributed by atoms with Crippen molar-refractivity contribution in [2.75, 3.05) is 24.5 Å². The van der Waals surface area contributed by atoms with Crippen molar-refractivity contribution < 1.29 is 19.5 Å². The van der Waals surface area contributed by atoms with Gasteiger partial charge in [-0.2, -0.15) is 5.10 Å². The molecule has 2 aromatic heterocycles. The van der Waals surface area contributed by atoms with Crippen LogP contribution in [0.1, 0.15) is 28.9 Å². The minimum atomic E-state index is -1.07. The molecule has 2 aliphatic heterocycles. The van der Waals surface area contributed by atoms with E-state index >= 15 is 0 Å². The number of carbonyl (C=O) groups excluding carboxylic acids is 2. The van der Waals surface area contributed by atoms with E-state index in [4.69, 9.17) is 0 Å². The number of amides is 2. The van der Waals surface area contributed by atoms with Gasteiger partial charge in [0.2, 0.25) is 5.91 Å². The number of hydrogen-bond donors (Lipinski definition) is 2. The second-order valence-electron chi connectivity index (χ2n) is 7.82. The molecule has 0 saturated carbocycles. The second kappa shape index (κ2) is 7.16. The molecule has 2 aliphatic rings. The minimum Gasteiger partial charge on any atom is -0.480 e. The van der Waals surface area contributed by atoms with Crippen LogP contribution < -0.4 is 4.90 Å². The molecule has 1 saturated heterocycles. The van der Waals surface area contributed by atoms with Crippen molar-refractivity contribution in [3.05, 3.63) is 52.4 Å². The molecule has 2 amide bonds. The third kappa shape index (κ3) is 3.01. The highest BCUT2D eigenvalue weighted by atomic mass is 79.9. The lowest BCUT2D eigenvalue weighted by molar-refractivity contribution is -0.137. The average Bonchev–Trinajstić information content (AvgIpc) is 3.31. The largest absolute Gasteiger partial charge is 0.480 e. The molecule has 10 heteroatoms. The van der Waals surface area contributed by atoms with Crippen LogP contribution >= 0.6 is 15.9 Å². The summed E-state index contributed by atoms with van der Waals surface area (Å²) in [7, 11) is 0. The number of piperidine rings is 1.